The minimum atomic E-state index is -0.339. The van der Waals surface area contributed by atoms with Crippen molar-refractivity contribution in [3.63, 3.8) is 0 Å². The molecule has 0 bridgehead atoms. The molecule has 0 amide bonds. The number of aryl methyl sites for hydroxylation is 1. The number of hydrogen-bond donors (Lipinski definition) is 1. The van der Waals surface area contributed by atoms with Crippen LogP contribution in [-0.4, -0.2) is 32.2 Å². The lowest BCUT2D eigenvalue weighted by molar-refractivity contribution is 0.630. The molecule has 6 nitrogen and oxygen atoms in total. The first kappa shape index (κ1) is 16.1. The first-order valence-corrected chi connectivity index (χ1v) is 8.22. The quantitative estimate of drug-likeness (QED) is 0.611. The van der Waals surface area contributed by atoms with Crippen LogP contribution >= 0.6 is 0 Å². The molecule has 0 unspecified atom stereocenters. The van der Waals surface area contributed by atoms with Crippen molar-refractivity contribution >= 4 is 17.0 Å². The summed E-state index contributed by atoms with van der Waals surface area (Å²) in [6.45, 7) is 2.51. The maximum absolute atomic E-state index is 14.0. The SMILES string of the molecule is Cc1cccc2[nH]c(CN(C)c3nncc(-c4ccccc4F)n3)nc12. The van der Waals surface area contributed by atoms with Gasteiger partial charge < -0.3 is 9.88 Å². The number of nitrogens with one attached hydrogen (secondary N) is 1. The van der Waals surface area contributed by atoms with E-state index in [2.05, 4.69) is 25.1 Å². The topological polar surface area (TPSA) is 70.6 Å². The molecule has 0 aliphatic rings. The molecule has 0 saturated carbocycles. The van der Waals surface area contributed by atoms with Crippen LogP contribution in [0.5, 0.6) is 0 Å². The molecule has 0 aliphatic carbocycles. The van der Waals surface area contributed by atoms with Crippen LogP contribution in [0.25, 0.3) is 22.3 Å². The van der Waals surface area contributed by atoms with E-state index in [1.54, 1.807) is 18.2 Å². The van der Waals surface area contributed by atoms with Crippen molar-refractivity contribution in [3.8, 4) is 11.3 Å². The van der Waals surface area contributed by atoms with E-state index in [4.69, 9.17) is 0 Å². The van der Waals surface area contributed by atoms with Crippen LogP contribution < -0.4 is 4.90 Å². The molecule has 0 spiro atoms. The van der Waals surface area contributed by atoms with E-state index in [0.29, 0.717) is 23.8 Å². The van der Waals surface area contributed by atoms with Crippen LogP contribution in [0.15, 0.2) is 48.7 Å². The summed E-state index contributed by atoms with van der Waals surface area (Å²) in [5.74, 6) is 0.869. The highest BCUT2D eigenvalue weighted by molar-refractivity contribution is 5.78. The predicted molar refractivity (Wildman–Crippen MR) is 98.2 cm³/mol. The maximum atomic E-state index is 14.0. The van der Waals surface area contributed by atoms with Gasteiger partial charge in [0, 0.05) is 12.6 Å². The normalized spacial score (nSPS) is 11.0. The number of rotatable bonds is 4. The summed E-state index contributed by atoms with van der Waals surface area (Å²) in [4.78, 5) is 14.2. The fraction of sp³-hybridized carbons (Fsp3) is 0.158. The second-order valence-corrected chi connectivity index (χ2v) is 6.13. The highest BCUT2D eigenvalue weighted by atomic mass is 19.1. The van der Waals surface area contributed by atoms with Gasteiger partial charge in [0.15, 0.2) is 0 Å². The monoisotopic (exact) mass is 348 g/mol. The van der Waals surface area contributed by atoms with Crippen LogP contribution in [-0.2, 0) is 6.54 Å². The van der Waals surface area contributed by atoms with Crippen LogP contribution in [0.3, 0.4) is 0 Å². The number of fused-ring (bicyclic) bond motifs is 1. The number of aromatic amines is 1. The predicted octanol–water partition coefficient (Wildman–Crippen LogP) is 3.50. The van der Waals surface area contributed by atoms with Crippen molar-refractivity contribution in [3.05, 3.63) is 65.9 Å². The number of para-hydroxylation sites is 1. The zero-order chi connectivity index (χ0) is 18.1. The first-order chi connectivity index (χ1) is 12.6. The van der Waals surface area contributed by atoms with Crippen LogP contribution in [0, 0.1) is 12.7 Å². The lowest BCUT2D eigenvalue weighted by Gasteiger charge is -2.15. The third-order valence-electron chi connectivity index (χ3n) is 4.19. The molecule has 130 valence electrons. The number of imidazole rings is 1. The molecule has 1 N–H and O–H groups in total. The van der Waals surface area contributed by atoms with Gasteiger partial charge in [-0.1, -0.05) is 24.3 Å². The van der Waals surface area contributed by atoms with Gasteiger partial charge in [-0.2, -0.15) is 5.10 Å². The number of nitrogens with zero attached hydrogens (tertiary/aromatic N) is 5. The summed E-state index contributed by atoms with van der Waals surface area (Å²) in [6.07, 6.45) is 1.46. The van der Waals surface area contributed by atoms with Crippen molar-refractivity contribution in [1.29, 1.82) is 0 Å². The molecule has 2 aromatic carbocycles. The smallest absolute Gasteiger partial charge is 0.246 e. The van der Waals surface area contributed by atoms with Gasteiger partial charge >= 0.3 is 0 Å². The number of hydrogen-bond acceptors (Lipinski definition) is 5. The number of H-pyrrole nitrogens is 1. The molecular formula is C19H17FN6. The molecule has 2 aromatic heterocycles. The third-order valence-corrected chi connectivity index (χ3v) is 4.19. The summed E-state index contributed by atoms with van der Waals surface area (Å²) in [7, 11) is 1.85. The van der Waals surface area contributed by atoms with Crippen molar-refractivity contribution < 1.29 is 4.39 Å². The van der Waals surface area contributed by atoms with Gasteiger partial charge in [0.25, 0.3) is 0 Å². The van der Waals surface area contributed by atoms with Gasteiger partial charge in [0.2, 0.25) is 5.95 Å². The van der Waals surface area contributed by atoms with Crippen LogP contribution in [0.4, 0.5) is 10.3 Å². The zero-order valence-electron chi connectivity index (χ0n) is 14.4. The zero-order valence-corrected chi connectivity index (χ0v) is 14.4. The molecule has 0 saturated heterocycles. The first-order valence-electron chi connectivity index (χ1n) is 8.22. The van der Waals surface area contributed by atoms with E-state index in [1.165, 1.54) is 12.3 Å². The Morgan fingerprint density at radius 2 is 1.92 bits per heavy atom. The van der Waals surface area contributed by atoms with E-state index < -0.39 is 0 Å². The van der Waals surface area contributed by atoms with E-state index in [9.17, 15) is 4.39 Å². The van der Waals surface area contributed by atoms with Crippen molar-refractivity contribution in [2.75, 3.05) is 11.9 Å². The average molecular weight is 348 g/mol. The second-order valence-electron chi connectivity index (χ2n) is 6.13. The van der Waals surface area contributed by atoms with Gasteiger partial charge in [-0.25, -0.2) is 14.4 Å². The van der Waals surface area contributed by atoms with Crippen LogP contribution in [0.2, 0.25) is 0 Å². The molecule has 0 atom stereocenters. The number of benzene rings is 2. The van der Waals surface area contributed by atoms with E-state index in [0.717, 1.165) is 22.4 Å². The van der Waals surface area contributed by atoms with Gasteiger partial charge in [0.1, 0.15) is 11.6 Å². The summed E-state index contributed by atoms with van der Waals surface area (Å²) >= 11 is 0. The fourth-order valence-electron chi connectivity index (χ4n) is 2.85. The van der Waals surface area contributed by atoms with Crippen molar-refractivity contribution in [1.82, 2.24) is 25.1 Å². The van der Waals surface area contributed by atoms with Crippen molar-refractivity contribution in [2.45, 2.75) is 13.5 Å². The summed E-state index contributed by atoms with van der Waals surface area (Å²) < 4.78 is 14.0. The largest absolute Gasteiger partial charge is 0.340 e. The number of halogens is 1. The Hall–Kier alpha value is -3.35. The maximum Gasteiger partial charge on any atom is 0.246 e. The lowest BCUT2D eigenvalue weighted by atomic mass is 10.1. The van der Waals surface area contributed by atoms with Gasteiger partial charge in [-0.05, 0) is 30.7 Å². The van der Waals surface area contributed by atoms with Gasteiger partial charge in [0.05, 0.1) is 29.5 Å². The summed E-state index contributed by atoms with van der Waals surface area (Å²) in [5.41, 5.74) is 3.91. The third kappa shape index (κ3) is 2.99. The number of aromatic nitrogens is 5. The molecule has 0 aliphatic heterocycles. The second kappa shape index (κ2) is 6.51. The highest BCUT2D eigenvalue weighted by Crippen LogP contribution is 2.21. The van der Waals surface area contributed by atoms with E-state index in [-0.39, 0.29) is 5.82 Å². The van der Waals surface area contributed by atoms with Gasteiger partial charge in [-0.15, -0.1) is 5.10 Å². The molecule has 0 radical (unpaired) electrons. The fourth-order valence-corrected chi connectivity index (χ4v) is 2.85. The van der Waals surface area contributed by atoms with Crippen LogP contribution in [0.1, 0.15) is 11.4 Å². The summed E-state index contributed by atoms with van der Waals surface area (Å²) in [5, 5.41) is 8.03. The molecule has 2 heterocycles. The van der Waals surface area contributed by atoms with E-state index in [1.807, 2.05) is 37.1 Å². The Labute approximate surface area is 149 Å². The molecule has 0 fully saturated rings. The molecule has 4 aromatic rings. The average Bonchev–Trinajstić information content (AvgIpc) is 3.06. The molecule has 7 heteroatoms. The molecular weight excluding hydrogens is 331 g/mol. The Morgan fingerprint density at radius 1 is 1.08 bits per heavy atom. The standard InChI is InChI=1S/C19H17FN6/c1-12-6-5-9-15-18(12)24-17(22-15)11-26(2)19-23-16(10-21-25-19)13-7-3-4-8-14(13)20/h3-10H,11H2,1-2H3,(H,22,24). The lowest BCUT2D eigenvalue weighted by Crippen LogP contribution is -2.20. The Morgan fingerprint density at radius 3 is 2.73 bits per heavy atom. The van der Waals surface area contributed by atoms with Gasteiger partial charge in [-0.3, -0.25) is 0 Å². The Bertz CT molecular complexity index is 1070. The Balaban J connectivity index is 1.62. The minimum Gasteiger partial charge on any atom is -0.340 e. The Kier molecular flexibility index (Phi) is 4.04. The highest BCUT2D eigenvalue weighted by Gasteiger charge is 2.13. The molecule has 26 heavy (non-hydrogen) atoms. The minimum absolute atomic E-state index is 0.339. The van der Waals surface area contributed by atoms with Crippen molar-refractivity contribution in [2.24, 2.45) is 0 Å². The molecule has 4 rings (SSSR count). The summed E-state index contributed by atoms with van der Waals surface area (Å²) in [6, 6.07) is 12.5. The number of anilines is 1. The van der Waals surface area contributed by atoms with E-state index >= 15 is 0 Å².